The zero-order valence-electron chi connectivity index (χ0n) is 27.9. The van der Waals surface area contributed by atoms with Crippen molar-refractivity contribution >= 4 is 85.7 Å². The first-order valence-corrected chi connectivity index (χ1v) is 16.6. The molecule has 50 heavy (non-hydrogen) atoms. The van der Waals surface area contributed by atoms with Gasteiger partial charge >= 0.3 is 19.1 Å². The quantitative estimate of drug-likeness (QED) is 0.107. The largest absolute Gasteiger partial charge is 0.494 e. The highest BCUT2D eigenvalue weighted by Crippen LogP contribution is 2.36. The highest BCUT2D eigenvalue weighted by atomic mass is 79.9. The van der Waals surface area contributed by atoms with E-state index in [2.05, 4.69) is 55.3 Å². The van der Waals surface area contributed by atoms with E-state index in [1.807, 2.05) is 64.1 Å². The number of H-pyrrole nitrogens is 2. The van der Waals surface area contributed by atoms with Crippen LogP contribution < -0.4 is 5.46 Å². The molecule has 258 valence electrons. The predicted molar refractivity (Wildman–Crippen MR) is 196 cm³/mol. The summed E-state index contributed by atoms with van der Waals surface area (Å²) in [4.78, 5) is 44.8. The second-order valence-electron chi connectivity index (χ2n) is 11.9. The van der Waals surface area contributed by atoms with Crippen molar-refractivity contribution in [1.29, 1.82) is 0 Å². The number of fused-ring (bicyclic) bond motifs is 2. The standard InChI is InChI=1S/C14H19BO4.C14H10ClN3O2.C6H3BrClN3/c1-13(2)14(3,4)19-15(18-13)11-8-6-10(7-9-11)12(16)17-5;1-20-14(19)9-4-2-8(3-5-9)11-6-10-12(15)16-7-17-13(10)18-11;7-4-1-3-5(8)9-2-10-6(3)11-4/h6-9H,1-5H3;2-7H,1H3,(H,16,17,18);1-2H,(H,9,10,11). The lowest BCUT2D eigenvalue weighted by Crippen LogP contribution is -2.41. The van der Waals surface area contributed by atoms with Gasteiger partial charge in [0.1, 0.15) is 34.3 Å². The monoisotopic (exact) mass is 780 g/mol. The van der Waals surface area contributed by atoms with E-state index < -0.39 is 7.12 Å². The first kappa shape index (κ1) is 36.9. The molecule has 0 saturated carbocycles. The van der Waals surface area contributed by atoms with Crippen molar-refractivity contribution in [3.05, 3.63) is 99.4 Å². The highest BCUT2D eigenvalue weighted by Gasteiger charge is 2.51. The lowest BCUT2D eigenvalue weighted by molar-refractivity contribution is 0.00578. The molecule has 4 aromatic heterocycles. The molecule has 1 aliphatic heterocycles. The van der Waals surface area contributed by atoms with Crippen LogP contribution in [0.25, 0.3) is 33.3 Å². The van der Waals surface area contributed by atoms with Crippen molar-refractivity contribution in [2.24, 2.45) is 0 Å². The number of rotatable bonds is 4. The maximum absolute atomic E-state index is 11.4. The zero-order valence-corrected chi connectivity index (χ0v) is 31.0. The highest BCUT2D eigenvalue weighted by molar-refractivity contribution is 9.10. The van der Waals surface area contributed by atoms with Crippen LogP contribution in [0.2, 0.25) is 10.3 Å². The third kappa shape index (κ3) is 8.16. The number of esters is 2. The van der Waals surface area contributed by atoms with Gasteiger partial charge in [-0.2, -0.15) is 0 Å². The van der Waals surface area contributed by atoms with Crippen LogP contribution in [0.4, 0.5) is 0 Å². The summed E-state index contributed by atoms with van der Waals surface area (Å²) in [7, 11) is 2.32. The predicted octanol–water partition coefficient (Wildman–Crippen LogP) is 7.21. The van der Waals surface area contributed by atoms with Crippen LogP contribution in [-0.2, 0) is 18.8 Å². The van der Waals surface area contributed by atoms with Crippen LogP contribution in [0.1, 0.15) is 48.4 Å². The van der Waals surface area contributed by atoms with Gasteiger partial charge in [-0.1, -0.05) is 47.5 Å². The van der Waals surface area contributed by atoms with Crippen molar-refractivity contribution in [3.63, 3.8) is 0 Å². The summed E-state index contributed by atoms with van der Waals surface area (Å²) in [6.07, 6.45) is 2.83. The number of hydrogen-bond acceptors (Lipinski definition) is 10. The molecule has 0 aliphatic carbocycles. The fourth-order valence-corrected chi connectivity index (χ4v) is 5.51. The van der Waals surface area contributed by atoms with E-state index >= 15 is 0 Å². The van der Waals surface area contributed by atoms with Crippen LogP contribution >= 0.6 is 39.1 Å². The maximum Gasteiger partial charge on any atom is 0.494 e. The van der Waals surface area contributed by atoms with Crippen LogP contribution in [0, 0.1) is 0 Å². The average molecular weight is 782 g/mol. The third-order valence-corrected chi connectivity index (χ3v) is 9.22. The maximum atomic E-state index is 11.4. The number of ether oxygens (including phenoxy) is 2. The Morgan fingerprint density at radius 3 is 1.64 bits per heavy atom. The molecule has 6 aromatic rings. The Kier molecular flexibility index (Phi) is 11.3. The van der Waals surface area contributed by atoms with E-state index in [4.69, 9.17) is 32.5 Å². The summed E-state index contributed by atoms with van der Waals surface area (Å²) < 4.78 is 22.1. The zero-order chi connectivity index (χ0) is 36.2. The Hall–Kier alpha value is -4.34. The van der Waals surface area contributed by atoms with Crippen LogP contribution in [0.5, 0.6) is 0 Å². The number of nitrogens with zero attached hydrogens (tertiary/aromatic N) is 4. The molecule has 5 heterocycles. The fourth-order valence-electron chi connectivity index (χ4n) is 4.72. The molecule has 12 nitrogen and oxygen atoms in total. The van der Waals surface area contributed by atoms with Crippen molar-refractivity contribution < 1.29 is 28.4 Å². The van der Waals surface area contributed by atoms with Gasteiger partial charge in [0.25, 0.3) is 0 Å². The van der Waals surface area contributed by atoms with Gasteiger partial charge in [-0.05, 0) is 91.0 Å². The number of benzene rings is 2. The Balaban J connectivity index is 0.000000152. The van der Waals surface area contributed by atoms with E-state index in [0.29, 0.717) is 27.1 Å². The molecule has 1 aliphatic rings. The average Bonchev–Trinajstić information content (AvgIpc) is 3.78. The van der Waals surface area contributed by atoms with E-state index in [1.54, 1.807) is 24.3 Å². The molecule has 0 atom stereocenters. The normalized spacial score (nSPS) is 14.4. The summed E-state index contributed by atoms with van der Waals surface area (Å²) >= 11 is 15.1. The first-order chi connectivity index (χ1) is 23.7. The molecular weight excluding hydrogens is 750 g/mol. The number of halogens is 3. The van der Waals surface area contributed by atoms with Crippen molar-refractivity contribution in [2.45, 2.75) is 38.9 Å². The first-order valence-electron chi connectivity index (χ1n) is 15.1. The summed E-state index contributed by atoms with van der Waals surface area (Å²) in [5.74, 6) is -0.706. The lowest BCUT2D eigenvalue weighted by Gasteiger charge is -2.32. The van der Waals surface area contributed by atoms with E-state index in [1.165, 1.54) is 26.9 Å². The van der Waals surface area contributed by atoms with Crippen molar-refractivity contribution in [3.8, 4) is 11.3 Å². The van der Waals surface area contributed by atoms with Gasteiger partial charge in [0, 0.05) is 5.69 Å². The summed E-state index contributed by atoms with van der Waals surface area (Å²) in [6.45, 7) is 8.04. The number of carbonyl (C=O) groups is 2. The van der Waals surface area contributed by atoms with Gasteiger partial charge in [0.15, 0.2) is 0 Å². The molecule has 0 spiro atoms. The molecule has 1 fully saturated rings. The number of methoxy groups -OCH3 is 2. The van der Waals surface area contributed by atoms with E-state index in [0.717, 1.165) is 37.7 Å². The second kappa shape index (κ2) is 15.3. The molecule has 7 rings (SSSR count). The summed E-state index contributed by atoms with van der Waals surface area (Å²) in [5.41, 5.74) is 4.40. The molecule has 0 bridgehead atoms. The van der Waals surface area contributed by atoms with Gasteiger partial charge in [0.05, 0.1) is 51.9 Å². The third-order valence-electron chi connectivity index (χ3n) is 8.20. The van der Waals surface area contributed by atoms with Crippen molar-refractivity contribution in [2.75, 3.05) is 14.2 Å². The minimum atomic E-state index is -0.406. The Labute approximate surface area is 306 Å². The van der Waals surface area contributed by atoms with Gasteiger partial charge in [-0.25, -0.2) is 29.5 Å². The van der Waals surface area contributed by atoms with Gasteiger partial charge < -0.3 is 28.8 Å². The molecule has 1 saturated heterocycles. The topological polar surface area (TPSA) is 154 Å². The minimum absolute atomic E-state index is 0.347. The number of carbonyl (C=O) groups excluding carboxylic acids is 2. The molecule has 0 radical (unpaired) electrons. The van der Waals surface area contributed by atoms with Crippen molar-refractivity contribution in [1.82, 2.24) is 29.9 Å². The smallest absolute Gasteiger partial charge is 0.465 e. The Morgan fingerprint density at radius 2 is 1.18 bits per heavy atom. The van der Waals surface area contributed by atoms with Crippen LogP contribution in [-0.4, -0.2) is 74.4 Å². The Bertz CT molecular complexity index is 2120. The minimum Gasteiger partial charge on any atom is -0.465 e. The van der Waals surface area contributed by atoms with E-state index in [9.17, 15) is 9.59 Å². The molecule has 0 amide bonds. The number of aromatic nitrogens is 6. The molecule has 2 N–H and O–H groups in total. The molecule has 16 heteroatoms. The van der Waals surface area contributed by atoms with Gasteiger partial charge in [-0.3, -0.25) is 0 Å². The SMILES string of the molecule is COC(=O)c1ccc(-c2cc3c(Cl)ncnc3[nH]2)cc1.COC(=O)c1ccc(B2OC(C)(C)C(C)(C)O2)cc1.Clc1ncnc2[nH]c(Br)cc12. The number of nitrogens with one attached hydrogen (secondary N) is 2. The Morgan fingerprint density at radius 1 is 0.720 bits per heavy atom. The van der Waals surface area contributed by atoms with Crippen LogP contribution in [0.15, 0.2) is 77.9 Å². The second-order valence-corrected chi connectivity index (χ2v) is 13.5. The molecule has 0 unspecified atom stereocenters. The number of hydrogen-bond donors (Lipinski definition) is 2. The van der Waals surface area contributed by atoms with Crippen LogP contribution in [0.3, 0.4) is 0 Å². The molecular formula is C34H32BBrCl2N6O6. The van der Waals surface area contributed by atoms with Gasteiger partial charge in [0.2, 0.25) is 0 Å². The lowest BCUT2D eigenvalue weighted by atomic mass is 9.79. The van der Waals surface area contributed by atoms with Gasteiger partial charge in [-0.15, -0.1) is 0 Å². The summed E-state index contributed by atoms with van der Waals surface area (Å²) in [6, 6.07) is 17.9. The summed E-state index contributed by atoms with van der Waals surface area (Å²) in [5, 5.41) is 2.47. The number of aromatic amines is 2. The van der Waals surface area contributed by atoms with E-state index in [-0.39, 0.29) is 23.1 Å². The fraction of sp³-hybridized carbons (Fsp3) is 0.235. The molecule has 2 aromatic carbocycles.